The largest absolute Gasteiger partial charge is 0.425 e. The lowest BCUT2D eigenvalue weighted by Gasteiger charge is -2.16. The fraction of sp³-hybridized carbons (Fsp3) is 0.250. The van der Waals surface area contributed by atoms with Gasteiger partial charge >= 0.3 is 5.97 Å². The maximum Gasteiger partial charge on any atom is 0.331 e. The zero-order valence-electron chi connectivity index (χ0n) is 16.4. The monoisotopic (exact) mass is 419 g/mol. The van der Waals surface area contributed by atoms with Crippen LogP contribution in [0.2, 0.25) is 0 Å². The van der Waals surface area contributed by atoms with Crippen LogP contribution in [0.5, 0.6) is 5.75 Å². The van der Waals surface area contributed by atoms with E-state index in [0.717, 1.165) is 11.3 Å². The van der Waals surface area contributed by atoms with E-state index in [9.17, 15) is 23.6 Å². The second-order valence-electron chi connectivity index (χ2n) is 8.10. The lowest BCUT2D eigenvalue weighted by molar-refractivity contribution is -0.148. The highest BCUT2D eigenvalue weighted by molar-refractivity contribution is 6.09. The molecule has 2 bridgehead atoms. The Labute approximate surface area is 177 Å². The molecule has 1 saturated carbocycles. The van der Waals surface area contributed by atoms with Gasteiger partial charge in [0.2, 0.25) is 11.8 Å². The minimum Gasteiger partial charge on any atom is -0.425 e. The van der Waals surface area contributed by atoms with Crippen LogP contribution in [0.1, 0.15) is 22.3 Å². The first kappa shape index (κ1) is 19.4. The molecule has 2 aliphatic carbocycles. The standard InChI is InChI=1S/C24H18FNO5/c25-17-7-3-13(4-8-17)22(28)14-5-9-18(10-6-14)31-19(27)12-26-23(29)20-15-1-2-16(11-15)21(20)24(26)30/h1-10,15-16,20-21H,11-12H2/t15-,16-,20-,21-/m0/s1. The van der Waals surface area contributed by atoms with Gasteiger partial charge in [-0.05, 0) is 66.8 Å². The first-order valence-corrected chi connectivity index (χ1v) is 10.1. The molecule has 1 aliphatic heterocycles. The average molecular weight is 419 g/mol. The number of likely N-dealkylation sites (tertiary alicyclic amines) is 1. The van der Waals surface area contributed by atoms with Gasteiger partial charge in [0.05, 0.1) is 11.8 Å². The van der Waals surface area contributed by atoms with Crippen LogP contribution in [0.4, 0.5) is 4.39 Å². The van der Waals surface area contributed by atoms with E-state index in [0.29, 0.717) is 11.1 Å². The van der Waals surface area contributed by atoms with Gasteiger partial charge in [0.15, 0.2) is 5.78 Å². The van der Waals surface area contributed by atoms with Gasteiger partial charge in [-0.15, -0.1) is 0 Å². The molecule has 0 aromatic heterocycles. The highest BCUT2D eigenvalue weighted by Crippen LogP contribution is 2.52. The van der Waals surface area contributed by atoms with Gasteiger partial charge in [0, 0.05) is 11.1 Å². The topological polar surface area (TPSA) is 80.8 Å². The summed E-state index contributed by atoms with van der Waals surface area (Å²) in [7, 11) is 0. The molecule has 1 heterocycles. The molecule has 0 spiro atoms. The third kappa shape index (κ3) is 3.26. The predicted molar refractivity (Wildman–Crippen MR) is 106 cm³/mol. The van der Waals surface area contributed by atoms with Crippen LogP contribution in [-0.2, 0) is 14.4 Å². The number of hydrogen-bond acceptors (Lipinski definition) is 5. The van der Waals surface area contributed by atoms with Crippen LogP contribution in [0.15, 0.2) is 60.7 Å². The number of imide groups is 1. The zero-order valence-corrected chi connectivity index (χ0v) is 16.4. The molecular formula is C24H18FNO5. The van der Waals surface area contributed by atoms with E-state index in [1.807, 2.05) is 12.2 Å². The van der Waals surface area contributed by atoms with Gasteiger partial charge in [-0.25, -0.2) is 9.18 Å². The summed E-state index contributed by atoms with van der Waals surface area (Å²) in [6.45, 7) is -0.430. The molecular weight excluding hydrogens is 401 g/mol. The molecule has 7 heteroatoms. The molecule has 6 nitrogen and oxygen atoms in total. The molecule has 2 amide bonds. The minimum atomic E-state index is -0.723. The number of esters is 1. The van der Waals surface area contributed by atoms with E-state index in [1.165, 1.54) is 48.5 Å². The molecule has 3 aliphatic rings. The predicted octanol–water partition coefficient (Wildman–Crippen LogP) is 2.77. The first-order valence-electron chi connectivity index (χ1n) is 10.1. The fourth-order valence-corrected chi connectivity index (χ4v) is 4.86. The van der Waals surface area contributed by atoms with E-state index in [2.05, 4.69) is 0 Å². The lowest BCUT2D eigenvalue weighted by Crippen LogP contribution is -2.38. The number of carbonyl (C=O) groups is 4. The Hall–Kier alpha value is -3.61. The van der Waals surface area contributed by atoms with Crippen LogP contribution in [0, 0.1) is 29.5 Å². The van der Waals surface area contributed by atoms with Gasteiger partial charge in [-0.3, -0.25) is 19.3 Å². The van der Waals surface area contributed by atoms with Crippen molar-refractivity contribution in [2.24, 2.45) is 23.7 Å². The number of hydrogen-bond donors (Lipinski definition) is 0. The minimum absolute atomic E-state index is 0.0821. The molecule has 2 aromatic carbocycles. The van der Waals surface area contributed by atoms with E-state index in [1.54, 1.807) is 0 Å². The van der Waals surface area contributed by atoms with Gasteiger partial charge in [0.1, 0.15) is 18.1 Å². The van der Waals surface area contributed by atoms with Gasteiger partial charge in [0.25, 0.3) is 0 Å². The molecule has 0 radical (unpaired) electrons. The fourth-order valence-electron chi connectivity index (χ4n) is 4.86. The van der Waals surface area contributed by atoms with Crippen molar-refractivity contribution in [2.75, 3.05) is 6.54 Å². The summed E-state index contributed by atoms with van der Waals surface area (Å²) in [6.07, 6.45) is 4.81. The number of amides is 2. The summed E-state index contributed by atoms with van der Waals surface area (Å²) >= 11 is 0. The molecule has 2 aromatic rings. The number of ether oxygens (including phenoxy) is 1. The van der Waals surface area contributed by atoms with Gasteiger partial charge in [-0.1, -0.05) is 12.2 Å². The summed E-state index contributed by atoms with van der Waals surface area (Å²) in [5, 5.41) is 0. The third-order valence-corrected chi connectivity index (χ3v) is 6.30. The van der Waals surface area contributed by atoms with Crippen molar-refractivity contribution < 1.29 is 28.3 Å². The number of fused-ring (bicyclic) bond motifs is 5. The van der Waals surface area contributed by atoms with E-state index in [4.69, 9.17) is 4.74 Å². The Morgan fingerprint density at radius 2 is 1.39 bits per heavy atom. The molecule has 4 atom stereocenters. The van der Waals surface area contributed by atoms with Crippen molar-refractivity contribution >= 4 is 23.6 Å². The molecule has 31 heavy (non-hydrogen) atoms. The lowest BCUT2D eigenvalue weighted by atomic mass is 9.85. The zero-order chi connectivity index (χ0) is 21.7. The molecule has 0 N–H and O–H groups in total. The highest BCUT2D eigenvalue weighted by Gasteiger charge is 2.59. The van der Waals surface area contributed by atoms with Crippen LogP contribution in [-0.4, -0.2) is 35.0 Å². The maximum absolute atomic E-state index is 13.0. The van der Waals surface area contributed by atoms with E-state index < -0.39 is 18.3 Å². The molecule has 2 fully saturated rings. The normalized spacial score (nSPS) is 25.8. The number of benzene rings is 2. The maximum atomic E-state index is 13.0. The smallest absolute Gasteiger partial charge is 0.331 e. The number of allylic oxidation sites excluding steroid dienone is 2. The van der Waals surface area contributed by atoms with Crippen molar-refractivity contribution in [3.8, 4) is 5.75 Å². The molecule has 156 valence electrons. The van der Waals surface area contributed by atoms with Crippen molar-refractivity contribution in [3.05, 3.63) is 77.6 Å². The van der Waals surface area contributed by atoms with Crippen molar-refractivity contribution in [3.63, 3.8) is 0 Å². The second-order valence-corrected chi connectivity index (χ2v) is 8.10. The number of nitrogens with zero attached hydrogens (tertiary/aromatic N) is 1. The summed E-state index contributed by atoms with van der Waals surface area (Å²) in [4.78, 5) is 51.1. The third-order valence-electron chi connectivity index (χ3n) is 6.30. The molecule has 0 unspecified atom stereocenters. The number of carbonyl (C=O) groups excluding carboxylic acids is 4. The van der Waals surface area contributed by atoms with Crippen LogP contribution in [0.25, 0.3) is 0 Å². The van der Waals surface area contributed by atoms with Crippen molar-refractivity contribution in [1.82, 2.24) is 4.90 Å². The van der Waals surface area contributed by atoms with Gasteiger partial charge < -0.3 is 4.74 Å². The average Bonchev–Trinajstić information content (AvgIpc) is 3.45. The number of ketones is 1. The summed E-state index contributed by atoms with van der Waals surface area (Å²) in [6, 6.07) is 11.1. The second kappa shape index (κ2) is 7.27. The van der Waals surface area contributed by atoms with Crippen molar-refractivity contribution in [2.45, 2.75) is 6.42 Å². The number of rotatable bonds is 5. The summed E-state index contributed by atoms with van der Waals surface area (Å²) < 4.78 is 18.3. The Balaban J connectivity index is 1.22. The molecule has 5 rings (SSSR count). The van der Waals surface area contributed by atoms with Crippen LogP contribution in [0.3, 0.4) is 0 Å². The summed E-state index contributed by atoms with van der Waals surface area (Å²) in [5.74, 6) is -2.40. The SMILES string of the molecule is O=C(CN1C(=O)[C@@H]2[C@@H](C1=O)[C@H]1C=C[C@H]2C1)Oc1ccc(C(=O)c2ccc(F)cc2)cc1. The highest BCUT2D eigenvalue weighted by atomic mass is 19.1. The summed E-state index contributed by atoms with van der Waals surface area (Å²) in [5.41, 5.74) is 0.693. The van der Waals surface area contributed by atoms with E-state index in [-0.39, 0.29) is 47.0 Å². The van der Waals surface area contributed by atoms with Crippen LogP contribution < -0.4 is 4.74 Å². The Kier molecular flexibility index (Phi) is 4.54. The Bertz CT molecular complexity index is 1090. The van der Waals surface area contributed by atoms with Crippen LogP contribution >= 0.6 is 0 Å². The first-order chi connectivity index (χ1) is 14.9. The number of halogens is 1. The van der Waals surface area contributed by atoms with Gasteiger partial charge in [-0.2, -0.15) is 0 Å². The van der Waals surface area contributed by atoms with Crippen molar-refractivity contribution in [1.29, 1.82) is 0 Å². The quantitative estimate of drug-likeness (QED) is 0.245. The Morgan fingerprint density at radius 1 is 0.871 bits per heavy atom. The molecule has 1 saturated heterocycles. The Morgan fingerprint density at radius 3 is 1.94 bits per heavy atom. The van der Waals surface area contributed by atoms with E-state index >= 15 is 0 Å².